The molecule has 3 aromatic carbocycles. The van der Waals surface area contributed by atoms with E-state index in [0.717, 1.165) is 5.56 Å². The summed E-state index contributed by atoms with van der Waals surface area (Å²) in [6.07, 6.45) is 0. The quantitative estimate of drug-likeness (QED) is 0.381. The molecule has 1 unspecified atom stereocenters. The molecule has 0 radical (unpaired) electrons. The Morgan fingerprint density at radius 2 is 1.64 bits per heavy atom. The van der Waals surface area contributed by atoms with Crippen molar-refractivity contribution in [1.82, 2.24) is 4.72 Å². The average molecular weight is 471 g/mol. The highest BCUT2D eigenvalue weighted by Crippen LogP contribution is 2.29. The second-order valence-corrected chi connectivity index (χ2v) is 8.58. The van der Waals surface area contributed by atoms with Crippen molar-refractivity contribution >= 4 is 40.9 Å². The summed E-state index contributed by atoms with van der Waals surface area (Å²) in [6.45, 7) is 1.90. The van der Waals surface area contributed by atoms with Crippen LogP contribution in [0.5, 0.6) is 0 Å². The lowest BCUT2D eigenvalue weighted by atomic mass is 10.1. The molecule has 3 N–H and O–H groups in total. The fraction of sp³-hybridized carbons (Fsp3) is 0.167. The summed E-state index contributed by atoms with van der Waals surface area (Å²) < 4.78 is 29.7. The van der Waals surface area contributed by atoms with Gasteiger partial charge in [-0.1, -0.05) is 24.3 Å². The fourth-order valence-corrected chi connectivity index (χ4v) is 3.65. The Bertz CT molecular complexity index is 1140. The van der Waals surface area contributed by atoms with E-state index < -0.39 is 17.8 Å². The van der Waals surface area contributed by atoms with Gasteiger partial charge in [-0.25, -0.2) is 13.6 Å². The van der Waals surface area contributed by atoms with Gasteiger partial charge in [-0.3, -0.25) is 9.52 Å². The molecule has 3 aromatic rings. The van der Waals surface area contributed by atoms with Crippen molar-refractivity contribution in [2.75, 3.05) is 29.6 Å². The summed E-state index contributed by atoms with van der Waals surface area (Å²) in [6, 6.07) is 16.4. The number of carbonyl (C=O) groups excluding carboxylic acids is 2. The molecule has 3 rings (SSSR count). The van der Waals surface area contributed by atoms with Crippen molar-refractivity contribution in [3.63, 3.8) is 0 Å². The van der Waals surface area contributed by atoms with Gasteiger partial charge in [-0.15, -0.1) is 0 Å². The third kappa shape index (κ3) is 6.45. The Morgan fingerprint density at radius 1 is 0.939 bits per heavy atom. The Hall–Kier alpha value is -3.59. The van der Waals surface area contributed by atoms with E-state index in [4.69, 9.17) is 0 Å². The normalized spacial score (nSPS) is 11.4. The zero-order valence-electron chi connectivity index (χ0n) is 18.4. The number of benzene rings is 3. The van der Waals surface area contributed by atoms with Crippen molar-refractivity contribution < 1.29 is 18.4 Å². The van der Waals surface area contributed by atoms with Crippen LogP contribution in [0.4, 0.5) is 30.6 Å². The maximum Gasteiger partial charge on any atom is 0.329 e. The van der Waals surface area contributed by atoms with E-state index in [0.29, 0.717) is 17.1 Å². The van der Waals surface area contributed by atoms with Crippen LogP contribution in [-0.4, -0.2) is 26.0 Å². The van der Waals surface area contributed by atoms with Crippen molar-refractivity contribution in [3.8, 4) is 0 Å². The molecule has 0 heterocycles. The lowest BCUT2D eigenvalue weighted by Gasteiger charge is -2.20. The average Bonchev–Trinajstić information content (AvgIpc) is 2.79. The molecule has 0 aliphatic rings. The second kappa shape index (κ2) is 10.8. The van der Waals surface area contributed by atoms with E-state index >= 15 is 0 Å². The fourth-order valence-electron chi connectivity index (χ4n) is 3.02. The van der Waals surface area contributed by atoms with Crippen LogP contribution in [0.2, 0.25) is 0 Å². The minimum atomic E-state index is -0.608. The maximum absolute atomic E-state index is 13.9. The van der Waals surface area contributed by atoms with E-state index in [1.165, 1.54) is 42.3 Å². The van der Waals surface area contributed by atoms with Crippen molar-refractivity contribution in [2.45, 2.75) is 12.2 Å². The molecule has 3 amide bonds. The van der Waals surface area contributed by atoms with Gasteiger partial charge in [0.05, 0.1) is 16.9 Å². The molecule has 0 aromatic heterocycles. The molecule has 33 heavy (non-hydrogen) atoms. The lowest BCUT2D eigenvalue weighted by Crippen LogP contribution is -2.24. The topological polar surface area (TPSA) is 73.5 Å². The summed E-state index contributed by atoms with van der Waals surface area (Å²) in [5.41, 5.74) is 2.43. The van der Waals surface area contributed by atoms with Gasteiger partial charge in [0.1, 0.15) is 11.6 Å². The molecule has 0 aliphatic heterocycles. The molecule has 0 fully saturated rings. The van der Waals surface area contributed by atoms with Gasteiger partial charge < -0.3 is 15.5 Å². The number of halogens is 2. The largest absolute Gasteiger partial charge is 0.376 e. The van der Waals surface area contributed by atoms with Gasteiger partial charge in [-0.05, 0) is 66.9 Å². The highest BCUT2D eigenvalue weighted by molar-refractivity contribution is 7.98. The van der Waals surface area contributed by atoms with Crippen LogP contribution in [0.25, 0.3) is 0 Å². The van der Waals surface area contributed by atoms with Crippen LogP contribution in [0.1, 0.15) is 28.1 Å². The second-order valence-electron chi connectivity index (χ2n) is 7.43. The molecule has 0 saturated carbocycles. The summed E-state index contributed by atoms with van der Waals surface area (Å²) in [7, 11) is 3.58. The van der Waals surface area contributed by atoms with Crippen LogP contribution in [-0.2, 0) is 0 Å². The SMILES string of the molecule is CC(SNC(=O)Nc1ccc(NC(=O)c2ccccc2F)c(N(C)C)c1)c1ccc(F)cc1. The summed E-state index contributed by atoms with van der Waals surface area (Å²) in [4.78, 5) is 26.6. The third-order valence-corrected chi connectivity index (χ3v) is 5.70. The predicted molar refractivity (Wildman–Crippen MR) is 130 cm³/mol. The highest BCUT2D eigenvalue weighted by Gasteiger charge is 2.15. The van der Waals surface area contributed by atoms with Crippen LogP contribution < -0.4 is 20.3 Å². The first-order valence-electron chi connectivity index (χ1n) is 10.1. The van der Waals surface area contributed by atoms with Gasteiger partial charge in [0.15, 0.2) is 0 Å². The van der Waals surface area contributed by atoms with E-state index in [1.807, 2.05) is 6.92 Å². The van der Waals surface area contributed by atoms with E-state index in [1.54, 1.807) is 55.4 Å². The number of hydrogen-bond donors (Lipinski definition) is 3. The van der Waals surface area contributed by atoms with Crippen LogP contribution >= 0.6 is 11.9 Å². The molecule has 0 aliphatic carbocycles. The number of nitrogens with zero attached hydrogens (tertiary/aromatic N) is 1. The van der Waals surface area contributed by atoms with Gasteiger partial charge in [0, 0.05) is 25.0 Å². The number of nitrogens with one attached hydrogen (secondary N) is 3. The van der Waals surface area contributed by atoms with Gasteiger partial charge in [0.25, 0.3) is 5.91 Å². The predicted octanol–water partition coefficient (Wildman–Crippen LogP) is 5.81. The van der Waals surface area contributed by atoms with Crippen molar-refractivity contribution in [3.05, 3.63) is 89.5 Å². The molecule has 6 nitrogen and oxygen atoms in total. The Kier molecular flexibility index (Phi) is 7.89. The summed E-state index contributed by atoms with van der Waals surface area (Å²) >= 11 is 1.20. The first-order chi connectivity index (χ1) is 15.7. The van der Waals surface area contributed by atoms with E-state index in [9.17, 15) is 18.4 Å². The van der Waals surface area contributed by atoms with E-state index in [2.05, 4.69) is 15.4 Å². The van der Waals surface area contributed by atoms with Gasteiger partial charge in [-0.2, -0.15) is 0 Å². The lowest BCUT2D eigenvalue weighted by molar-refractivity contribution is 0.102. The summed E-state index contributed by atoms with van der Waals surface area (Å²) in [5.74, 6) is -1.49. The standard InChI is InChI=1S/C24H24F2N4O2S/c1-15(16-8-10-17(25)11-9-16)33-29-24(32)27-18-12-13-21(22(14-18)30(2)3)28-23(31)19-6-4-5-7-20(19)26/h4-15H,1-3H3,(H,28,31)(H2,27,29,32). The molecular formula is C24H24F2N4O2S. The molecular weight excluding hydrogens is 446 g/mol. The Labute approximate surface area is 195 Å². The maximum atomic E-state index is 13.9. The number of urea groups is 1. The third-order valence-electron chi connectivity index (χ3n) is 4.77. The number of rotatable bonds is 7. The first-order valence-corrected chi connectivity index (χ1v) is 11.0. The number of anilines is 3. The highest BCUT2D eigenvalue weighted by atomic mass is 32.2. The molecule has 172 valence electrons. The van der Waals surface area contributed by atoms with Gasteiger partial charge >= 0.3 is 6.03 Å². The minimum absolute atomic E-state index is 0.0592. The molecule has 0 spiro atoms. The van der Waals surface area contributed by atoms with Crippen LogP contribution in [0, 0.1) is 11.6 Å². The summed E-state index contributed by atoms with van der Waals surface area (Å²) in [5, 5.41) is 5.38. The Balaban J connectivity index is 1.64. The molecule has 1 atom stereocenters. The van der Waals surface area contributed by atoms with E-state index in [-0.39, 0.29) is 16.6 Å². The van der Waals surface area contributed by atoms with Gasteiger partial charge in [0.2, 0.25) is 0 Å². The molecule has 0 saturated heterocycles. The smallest absolute Gasteiger partial charge is 0.329 e. The minimum Gasteiger partial charge on any atom is -0.376 e. The zero-order valence-corrected chi connectivity index (χ0v) is 19.2. The van der Waals surface area contributed by atoms with Crippen LogP contribution in [0.15, 0.2) is 66.7 Å². The van der Waals surface area contributed by atoms with Crippen molar-refractivity contribution in [2.24, 2.45) is 0 Å². The number of amides is 3. The molecule has 9 heteroatoms. The number of carbonyl (C=O) groups is 2. The first kappa shape index (κ1) is 24.1. The zero-order chi connectivity index (χ0) is 24.0. The van der Waals surface area contributed by atoms with Crippen molar-refractivity contribution in [1.29, 1.82) is 0 Å². The molecule has 0 bridgehead atoms. The monoisotopic (exact) mass is 470 g/mol. The van der Waals surface area contributed by atoms with Crippen LogP contribution in [0.3, 0.4) is 0 Å². The number of hydrogen-bond acceptors (Lipinski definition) is 4. The Morgan fingerprint density at radius 3 is 2.30 bits per heavy atom.